The van der Waals surface area contributed by atoms with Gasteiger partial charge in [0, 0.05) is 12.4 Å². The molecule has 4 nitrogen and oxygen atoms in total. The quantitative estimate of drug-likeness (QED) is 0.753. The van der Waals surface area contributed by atoms with Crippen molar-refractivity contribution in [2.24, 2.45) is 5.73 Å². The molecule has 0 aromatic carbocycles. The first kappa shape index (κ1) is 10.7. The van der Waals surface area contributed by atoms with Gasteiger partial charge < -0.3 is 10.8 Å². The zero-order chi connectivity index (χ0) is 10.8. The van der Waals surface area contributed by atoms with Gasteiger partial charge in [-0.1, -0.05) is 6.07 Å². The normalized spacial score (nSPS) is 14.8. The fraction of sp³-hybridized carbons (Fsp3) is 0.400. The molecule has 0 aliphatic heterocycles. The molecule has 0 saturated heterocycles. The summed E-state index contributed by atoms with van der Waals surface area (Å²) in [7, 11) is 0. The average Bonchev–Trinajstić information content (AvgIpc) is 2.01. The number of nitrogens with two attached hydrogens (primary N) is 1. The molecule has 0 unspecified atom stereocenters. The fourth-order valence-electron chi connectivity index (χ4n) is 1.28. The second-order valence-corrected chi connectivity index (χ2v) is 3.74. The van der Waals surface area contributed by atoms with Crippen molar-refractivity contribution in [1.82, 2.24) is 4.98 Å². The highest BCUT2D eigenvalue weighted by molar-refractivity contribution is 5.68. The van der Waals surface area contributed by atoms with Gasteiger partial charge in [-0.15, -0.1) is 0 Å². The van der Waals surface area contributed by atoms with Crippen LogP contribution in [0.3, 0.4) is 0 Å². The van der Waals surface area contributed by atoms with E-state index in [0.29, 0.717) is 0 Å². The minimum Gasteiger partial charge on any atom is -0.481 e. The van der Waals surface area contributed by atoms with E-state index >= 15 is 0 Å². The van der Waals surface area contributed by atoms with Crippen LogP contribution in [0.4, 0.5) is 0 Å². The molecular formula is C10H14N2O2. The van der Waals surface area contributed by atoms with Crippen LogP contribution in [0.25, 0.3) is 0 Å². The molecule has 0 spiro atoms. The number of hydrogen-bond acceptors (Lipinski definition) is 3. The number of rotatable bonds is 3. The predicted octanol–water partition coefficient (Wildman–Crippen LogP) is 1.04. The van der Waals surface area contributed by atoms with Gasteiger partial charge >= 0.3 is 5.97 Å². The van der Waals surface area contributed by atoms with E-state index in [9.17, 15) is 4.79 Å². The summed E-state index contributed by atoms with van der Waals surface area (Å²) < 4.78 is 0. The molecule has 4 heteroatoms. The summed E-state index contributed by atoms with van der Waals surface area (Å²) in [5.41, 5.74) is 6.76. The number of hydrogen-bond donors (Lipinski definition) is 2. The van der Waals surface area contributed by atoms with Gasteiger partial charge in [0.2, 0.25) is 0 Å². The summed E-state index contributed by atoms with van der Waals surface area (Å²) in [6.45, 7) is 3.59. The van der Waals surface area contributed by atoms with Crippen molar-refractivity contribution < 1.29 is 9.90 Å². The molecule has 0 fully saturated rings. The minimum atomic E-state index is -0.906. The monoisotopic (exact) mass is 194 g/mol. The molecule has 76 valence electrons. The third-order valence-corrected chi connectivity index (χ3v) is 2.05. The number of aryl methyl sites for hydroxylation is 1. The number of aliphatic carboxylic acids is 1. The van der Waals surface area contributed by atoms with E-state index in [0.717, 1.165) is 11.1 Å². The highest BCUT2D eigenvalue weighted by Gasteiger charge is 2.24. The van der Waals surface area contributed by atoms with Crippen LogP contribution in [0, 0.1) is 6.92 Å². The van der Waals surface area contributed by atoms with Crippen molar-refractivity contribution in [3.05, 3.63) is 29.6 Å². The second-order valence-electron chi connectivity index (χ2n) is 3.74. The van der Waals surface area contributed by atoms with Crippen molar-refractivity contribution in [3.8, 4) is 0 Å². The van der Waals surface area contributed by atoms with E-state index in [4.69, 9.17) is 10.8 Å². The van der Waals surface area contributed by atoms with Crippen molar-refractivity contribution in [1.29, 1.82) is 0 Å². The Morgan fingerprint density at radius 3 is 2.79 bits per heavy atom. The predicted molar refractivity (Wildman–Crippen MR) is 52.8 cm³/mol. The second kappa shape index (κ2) is 3.75. The van der Waals surface area contributed by atoms with Crippen LogP contribution < -0.4 is 5.73 Å². The number of carboxylic acids is 1. The van der Waals surface area contributed by atoms with Crippen LogP contribution in [0.5, 0.6) is 0 Å². The zero-order valence-electron chi connectivity index (χ0n) is 8.32. The third kappa shape index (κ3) is 2.53. The van der Waals surface area contributed by atoms with Crippen LogP contribution in [-0.2, 0) is 10.3 Å². The number of carboxylic acid groups (broad SMARTS) is 1. The lowest BCUT2D eigenvalue weighted by molar-refractivity contribution is -0.138. The molecular weight excluding hydrogens is 180 g/mol. The van der Waals surface area contributed by atoms with Crippen LogP contribution in [0.2, 0.25) is 0 Å². The highest BCUT2D eigenvalue weighted by Crippen LogP contribution is 2.21. The Morgan fingerprint density at radius 2 is 2.29 bits per heavy atom. The zero-order valence-corrected chi connectivity index (χ0v) is 8.32. The fourth-order valence-corrected chi connectivity index (χ4v) is 1.28. The van der Waals surface area contributed by atoms with E-state index in [1.807, 2.05) is 13.0 Å². The van der Waals surface area contributed by atoms with Gasteiger partial charge in [-0.25, -0.2) is 0 Å². The van der Waals surface area contributed by atoms with Gasteiger partial charge in [-0.3, -0.25) is 9.78 Å². The lowest BCUT2D eigenvalue weighted by Gasteiger charge is -2.22. The molecule has 0 aliphatic carbocycles. The van der Waals surface area contributed by atoms with Crippen molar-refractivity contribution >= 4 is 5.97 Å². The maximum atomic E-state index is 10.6. The number of aromatic nitrogens is 1. The maximum absolute atomic E-state index is 10.6. The van der Waals surface area contributed by atoms with Gasteiger partial charge in [0.1, 0.15) is 0 Å². The lowest BCUT2D eigenvalue weighted by Crippen LogP contribution is -2.35. The summed E-state index contributed by atoms with van der Waals surface area (Å²) in [5, 5.41) is 8.68. The number of pyridine rings is 1. The van der Waals surface area contributed by atoms with Crippen molar-refractivity contribution in [2.45, 2.75) is 25.8 Å². The average molecular weight is 194 g/mol. The smallest absolute Gasteiger partial charge is 0.305 e. The third-order valence-electron chi connectivity index (χ3n) is 2.05. The molecule has 1 aromatic heterocycles. The number of nitrogens with zero attached hydrogens (tertiary/aromatic N) is 1. The summed E-state index contributed by atoms with van der Waals surface area (Å²) in [5.74, 6) is -0.906. The molecule has 3 N–H and O–H groups in total. The largest absolute Gasteiger partial charge is 0.481 e. The molecule has 0 amide bonds. The molecule has 0 bridgehead atoms. The number of carbonyl (C=O) groups is 1. The SMILES string of the molecule is Cc1cncc([C@@](C)(N)CC(=O)O)c1. The Kier molecular flexibility index (Phi) is 2.86. The molecule has 1 atom stereocenters. The lowest BCUT2D eigenvalue weighted by atomic mass is 9.90. The Bertz CT molecular complexity index is 348. The molecule has 0 saturated carbocycles. The molecule has 0 aliphatic rings. The maximum Gasteiger partial charge on any atom is 0.305 e. The first-order valence-corrected chi connectivity index (χ1v) is 4.34. The first-order valence-electron chi connectivity index (χ1n) is 4.34. The molecule has 0 radical (unpaired) electrons. The Labute approximate surface area is 82.8 Å². The Balaban J connectivity index is 2.97. The highest BCUT2D eigenvalue weighted by atomic mass is 16.4. The van der Waals surface area contributed by atoms with Crippen molar-refractivity contribution in [2.75, 3.05) is 0 Å². The van der Waals surface area contributed by atoms with Gasteiger partial charge in [-0.05, 0) is 25.0 Å². The topological polar surface area (TPSA) is 76.2 Å². The van der Waals surface area contributed by atoms with E-state index in [-0.39, 0.29) is 6.42 Å². The van der Waals surface area contributed by atoms with Crippen LogP contribution in [-0.4, -0.2) is 16.1 Å². The molecule has 14 heavy (non-hydrogen) atoms. The first-order chi connectivity index (χ1) is 6.42. The summed E-state index contributed by atoms with van der Waals surface area (Å²) in [6.07, 6.45) is 3.22. The molecule has 1 aromatic rings. The van der Waals surface area contributed by atoms with Gasteiger partial charge in [0.25, 0.3) is 0 Å². The van der Waals surface area contributed by atoms with E-state index in [2.05, 4.69) is 4.98 Å². The van der Waals surface area contributed by atoms with Crippen LogP contribution in [0.15, 0.2) is 18.5 Å². The molecule has 1 heterocycles. The standard InChI is InChI=1S/C10H14N2O2/c1-7-3-8(6-12-5-7)10(2,11)4-9(13)14/h3,5-6H,4,11H2,1-2H3,(H,13,14)/t10-/m0/s1. The Hall–Kier alpha value is -1.42. The summed E-state index contributed by atoms with van der Waals surface area (Å²) in [4.78, 5) is 14.6. The van der Waals surface area contributed by atoms with E-state index in [1.165, 1.54) is 0 Å². The molecule has 1 rings (SSSR count). The van der Waals surface area contributed by atoms with Crippen molar-refractivity contribution in [3.63, 3.8) is 0 Å². The summed E-state index contributed by atoms with van der Waals surface area (Å²) in [6, 6.07) is 1.86. The summed E-state index contributed by atoms with van der Waals surface area (Å²) >= 11 is 0. The van der Waals surface area contributed by atoms with E-state index in [1.54, 1.807) is 19.3 Å². The van der Waals surface area contributed by atoms with Gasteiger partial charge in [-0.2, -0.15) is 0 Å². The van der Waals surface area contributed by atoms with Crippen LogP contribution >= 0.6 is 0 Å². The Morgan fingerprint density at radius 1 is 1.64 bits per heavy atom. The minimum absolute atomic E-state index is 0.0991. The van der Waals surface area contributed by atoms with Gasteiger partial charge in [0.15, 0.2) is 0 Å². The van der Waals surface area contributed by atoms with E-state index < -0.39 is 11.5 Å². The van der Waals surface area contributed by atoms with Gasteiger partial charge in [0.05, 0.1) is 12.0 Å². The van der Waals surface area contributed by atoms with Crippen LogP contribution in [0.1, 0.15) is 24.5 Å².